The molecule has 1 saturated heterocycles. The summed E-state index contributed by atoms with van der Waals surface area (Å²) in [6, 6.07) is 0.398. The van der Waals surface area contributed by atoms with Crippen LogP contribution in [0.15, 0.2) is 5.16 Å². The Balaban J connectivity index is 2.01. The SMILES string of the molecule is CCCN1CCC(n2c(C)nnc2SCC(=O)O)CC1. The van der Waals surface area contributed by atoms with Crippen molar-refractivity contribution in [3.8, 4) is 0 Å². The summed E-state index contributed by atoms with van der Waals surface area (Å²) in [5, 5.41) is 17.8. The number of piperidine rings is 1. The predicted octanol–water partition coefficient (Wildman–Crippen LogP) is 1.81. The Labute approximate surface area is 123 Å². The zero-order valence-corrected chi connectivity index (χ0v) is 12.9. The van der Waals surface area contributed by atoms with Crippen molar-refractivity contribution < 1.29 is 9.90 Å². The van der Waals surface area contributed by atoms with Crippen molar-refractivity contribution in [1.29, 1.82) is 0 Å². The molecule has 0 spiro atoms. The van der Waals surface area contributed by atoms with Crippen LogP contribution < -0.4 is 0 Å². The van der Waals surface area contributed by atoms with Crippen molar-refractivity contribution in [1.82, 2.24) is 19.7 Å². The highest BCUT2D eigenvalue weighted by Gasteiger charge is 2.24. The average Bonchev–Trinajstić information content (AvgIpc) is 2.79. The second-order valence-corrected chi connectivity index (χ2v) is 6.10. The van der Waals surface area contributed by atoms with E-state index in [1.807, 2.05) is 6.92 Å². The minimum atomic E-state index is -0.819. The van der Waals surface area contributed by atoms with Crippen LogP contribution in [0.25, 0.3) is 0 Å². The molecule has 112 valence electrons. The maximum atomic E-state index is 10.7. The molecule has 1 aliphatic heterocycles. The number of carboxylic acids is 1. The van der Waals surface area contributed by atoms with Crippen LogP contribution in [0.2, 0.25) is 0 Å². The molecule has 6 nitrogen and oxygen atoms in total. The van der Waals surface area contributed by atoms with Gasteiger partial charge in [0.2, 0.25) is 0 Å². The summed E-state index contributed by atoms with van der Waals surface area (Å²) in [6.07, 6.45) is 3.36. The highest BCUT2D eigenvalue weighted by molar-refractivity contribution is 7.99. The fraction of sp³-hybridized carbons (Fsp3) is 0.769. The first kappa shape index (κ1) is 15.3. The second kappa shape index (κ2) is 7.08. The first-order valence-electron chi connectivity index (χ1n) is 7.10. The molecule has 1 N–H and O–H groups in total. The van der Waals surface area contributed by atoms with E-state index >= 15 is 0 Å². The molecular formula is C13H22N4O2S. The van der Waals surface area contributed by atoms with Gasteiger partial charge in [-0.15, -0.1) is 10.2 Å². The number of hydrogen-bond donors (Lipinski definition) is 1. The van der Waals surface area contributed by atoms with E-state index in [0.29, 0.717) is 6.04 Å². The van der Waals surface area contributed by atoms with Gasteiger partial charge >= 0.3 is 5.97 Å². The van der Waals surface area contributed by atoms with E-state index in [1.54, 1.807) is 0 Å². The van der Waals surface area contributed by atoms with Gasteiger partial charge in [0.15, 0.2) is 5.16 Å². The number of aromatic nitrogens is 3. The van der Waals surface area contributed by atoms with Crippen molar-refractivity contribution in [2.45, 2.75) is 44.3 Å². The first-order chi connectivity index (χ1) is 9.61. The fourth-order valence-electron chi connectivity index (χ4n) is 2.71. The summed E-state index contributed by atoms with van der Waals surface area (Å²) < 4.78 is 2.12. The fourth-order valence-corrected chi connectivity index (χ4v) is 3.48. The largest absolute Gasteiger partial charge is 0.481 e. The molecule has 0 unspecified atom stereocenters. The number of hydrogen-bond acceptors (Lipinski definition) is 5. The predicted molar refractivity (Wildman–Crippen MR) is 78.1 cm³/mol. The van der Waals surface area contributed by atoms with Gasteiger partial charge in [-0.1, -0.05) is 18.7 Å². The molecule has 0 saturated carbocycles. The van der Waals surface area contributed by atoms with E-state index < -0.39 is 5.97 Å². The highest BCUT2D eigenvalue weighted by Crippen LogP contribution is 2.28. The number of thioether (sulfide) groups is 1. The number of carbonyl (C=O) groups is 1. The third kappa shape index (κ3) is 3.73. The van der Waals surface area contributed by atoms with E-state index in [2.05, 4.69) is 26.6 Å². The van der Waals surface area contributed by atoms with Gasteiger partial charge < -0.3 is 14.6 Å². The summed E-state index contributed by atoms with van der Waals surface area (Å²) in [5.74, 6) is 0.0964. The third-order valence-corrected chi connectivity index (χ3v) is 4.55. The Kier molecular flexibility index (Phi) is 5.42. The van der Waals surface area contributed by atoms with Crippen molar-refractivity contribution >= 4 is 17.7 Å². The maximum absolute atomic E-state index is 10.7. The van der Waals surface area contributed by atoms with E-state index in [-0.39, 0.29) is 5.75 Å². The standard InChI is InChI=1S/C13H22N4O2S/c1-3-6-16-7-4-11(5-8-16)17-10(2)14-15-13(17)20-9-12(18)19/h11H,3-9H2,1-2H3,(H,18,19). The Hall–Kier alpha value is -1.08. The molecule has 7 heteroatoms. The van der Waals surface area contributed by atoms with Crippen LogP contribution in [0.5, 0.6) is 0 Å². The van der Waals surface area contributed by atoms with Gasteiger partial charge in [-0.3, -0.25) is 4.79 Å². The van der Waals surface area contributed by atoms with E-state index in [0.717, 1.165) is 43.5 Å². The summed E-state index contributed by atoms with van der Waals surface area (Å²) >= 11 is 1.26. The average molecular weight is 298 g/mol. The molecular weight excluding hydrogens is 276 g/mol. The van der Waals surface area contributed by atoms with Crippen LogP contribution in [0, 0.1) is 6.92 Å². The van der Waals surface area contributed by atoms with Gasteiger partial charge in [0.25, 0.3) is 0 Å². The van der Waals surface area contributed by atoms with Gasteiger partial charge in [-0.2, -0.15) is 0 Å². The highest BCUT2D eigenvalue weighted by atomic mass is 32.2. The maximum Gasteiger partial charge on any atom is 0.313 e. The number of carboxylic acid groups (broad SMARTS) is 1. The summed E-state index contributed by atoms with van der Waals surface area (Å²) in [6.45, 7) is 7.50. The number of likely N-dealkylation sites (tertiary alicyclic amines) is 1. The zero-order valence-electron chi connectivity index (χ0n) is 12.1. The molecule has 0 atom stereocenters. The number of aryl methyl sites for hydroxylation is 1. The summed E-state index contributed by atoms with van der Waals surface area (Å²) in [4.78, 5) is 13.2. The second-order valence-electron chi connectivity index (χ2n) is 5.16. The lowest BCUT2D eigenvalue weighted by Crippen LogP contribution is -2.35. The normalized spacial score (nSPS) is 17.5. The van der Waals surface area contributed by atoms with E-state index in [9.17, 15) is 4.79 Å². The van der Waals surface area contributed by atoms with Crippen molar-refractivity contribution in [2.24, 2.45) is 0 Å². The molecule has 0 bridgehead atoms. The molecule has 20 heavy (non-hydrogen) atoms. The topological polar surface area (TPSA) is 71.2 Å². The summed E-state index contributed by atoms with van der Waals surface area (Å²) in [7, 11) is 0. The van der Waals surface area contributed by atoms with Crippen molar-refractivity contribution in [2.75, 3.05) is 25.4 Å². The number of nitrogens with zero attached hydrogens (tertiary/aromatic N) is 4. The van der Waals surface area contributed by atoms with E-state index in [1.165, 1.54) is 18.2 Å². The van der Waals surface area contributed by atoms with Crippen molar-refractivity contribution in [3.63, 3.8) is 0 Å². The Morgan fingerprint density at radius 3 is 2.70 bits per heavy atom. The van der Waals surface area contributed by atoms with Crippen LogP contribution in [-0.4, -0.2) is 56.1 Å². The number of aliphatic carboxylic acids is 1. The molecule has 0 amide bonds. The van der Waals surface area contributed by atoms with Crippen LogP contribution in [0.4, 0.5) is 0 Å². The monoisotopic (exact) mass is 298 g/mol. The lowest BCUT2D eigenvalue weighted by Gasteiger charge is -2.33. The molecule has 2 rings (SSSR count). The Morgan fingerprint density at radius 1 is 1.40 bits per heavy atom. The Morgan fingerprint density at radius 2 is 2.10 bits per heavy atom. The summed E-state index contributed by atoms with van der Waals surface area (Å²) in [5.41, 5.74) is 0. The lowest BCUT2D eigenvalue weighted by atomic mass is 10.0. The lowest BCUT2D eigenvalue weighted by molar-refractivity contribution is -0.133. The zero-order chi connectivity index (χ0) is 14.5. The smallest absolute Gasteiger partial charge is 0.313 e. The van der Waals surface area contributed by atoms with Gasteiger partial charge in [-0.25, -0.2) is 0 Å². The quantitative estimate of drug-likeness (QED) is 0.808. The van der Waals surface area contributed by atoms with E-state index in [4.69, 9.17) is 5.11 Å². The van der Waals surface area contributed by atoms with Crippen molar-refractivity contribution in [3.05, 3.63) is 5.82 Å². The van der Waals surface area contributed by atoms with Crippen LogP contribution in [-0.2, 0) is 4.79 Å². The van der Waals surface area contributed by atoms with Crippen LogP contribution in [0.1, 0.15) is 38.1 Å². The van der Waals surface area contributed by atoms with Gasteiger partial charge in [-0.05, 0) is 32.7 Å². The molecule has 0 radical (unpaired) electrons. The van der Waals surface area contributed by atoms with Gasteiger partial charge in [0.1, 0.15) is 5.82 Å². The van der Waals surface area contributed by atoms with Gasteiger partial charge in [0.05, 0.1) is 5.75 Å². The minimum Gasteiger partial charge on any atom is -0.481 e. The van der Waals surface area contributed by atoms with Crippen LogP contribution in [0.3, 0.4) is 0 Å². The molecule has 0 aromatic carbocycles. The third-order valence-electron chi connectivity index (χ3n) is 3.62. The minimum absolute atomic E-state index is 0.0345. The molecule has 1 fully saturated rings. The molecule has 2 heterocycles. The molecule has 1 aromatic rings. The Bertz CT molecular complexity index is 455. The molecule has 0 aliphatic carbocycles. The van der Waals surface area contributed by atoms with Crippen LogP contribution >= 0.6 is 11.8 Å². The molecule has 1 aliphatic rings. The number of rotatable bonds is 6. The van der Waals surface area contributed by atoms with Gasteiger partial charge in [0, 0.05) is 19.1 Å². The molecule has 1 aromatic heterocycles. The first-order valence-corrected chi connectivity index (χ1v) is 8.08.